The van der Waals surface area contributed by atoms with Gasteiger partial charge >= 0.3 is 0 Å². The summed E-state index contributed by atoms with van der Waals surface area (Å²) in [6.07, 6.45) is -16.2. The molecule has 4 aromatic heterocycles. The molecule has 8 rings (SSSR count). The lowest BCUT2D eigenvalue weighted by Crippen LogP contribution is -2.57. The number of rotatable bonds is 68. The molecule has 0 aromatic carbocycles. The highest BCUT2D eigenvalue weighted by atomic mass is 16.7. The van der Waals surface area contributed by atoms with Crippen molar-refractivity contribution in [1.29, 1.82) is 0 Å². The summed E-state index contributed by atoms with van der Waals surface area (Å²) in [5, 5.41) is 187. The maximum atomic E-state index is 14.0. The Balaban J connectivity index is 0.800. The molecule has 149 heavy (non-hydrogen) atoms. The SMILES string of the molecule is CC(=O)NC(CCC(=O)NCc1cn(CCO[C@@H]2O[C@@H](C)[C@@H](O)[C@@H](O)[C@@H]2O)nn1)C(=O)NCCCCCC(=O)NC(CCC(=O)NCc1cn(CCO[C@@H]2O[C@@H](C)[C@@H](O)[C@@H](O)[C@@H]2O)nn1)C(=O)NCCCCCC(=O)NC(CCC(=O)NCc1cn(CCO[C@@H]2O[C@@H](C)[C@@H](O)[C@@H](O)[C@@H]2O)nn1)C(=O)NCCCCCC(=O)NC(CCC(=O)NCc1cn(CCO[C@@H]2O[C@@H](C)[C@@H](O)[C@@H](O)[C@@H]2O)nn1)C(=O)NCCCCCC(=O)NN. The number of carbonyl (C=O) groups excluding carboxylic acids is 13. The molecule has 4 fully saturated rings. The van der Waals surface area contributed by atoms with E-state index in [1.807, 2.05) is 0 Å². The van der Waals surface area contributed by atoms with Crippen LogP contribution < -0.4 is 75.1 Å². The minimum absolute atomic E-state index is 0.0144. The number of carbonyl (C=O) groups is 13. The average Bonchev–Trinajstić information content (AvgIpc) is 1.32. The lowest BCUT2D eigenvalue weighted by molar-refractivity contribution is -0.293. The molecule has 4 unspecified atom stereocenters. The Morgan fingerprint density at radius 1 is 0.295 bits per heavy atom. The fraction of sp³-hybridized carbons (Fsp3) is 0.767. The van der Waals surface area contributed by atoms with Crippen LogP contribution in [0.1, 0.15) is 211 Å². The van der Waals surface area contributed by atoms with Crippen LogP contribution in [0.25, 0.3) is 0 Å². The molecule has 0 spiro atoms. The number of hydrazine groups is 1. The maximum absolute atomic E-state index is 14.0. The minimum atomic E-state index is -1.53. The van der Waals surface area contributed by atoms with Gasteiger partial charge in [0.25, 0.3) is 0 Å². The first kappa shape index (κ1) is 123. The van der Waals surface area contributed by atoms with Crippen molar-refractivity contribution in [1.82, 2.24) is 129 Å². The molecule has 4 aliphatic rings. The van der Waals surface area contributed by atoms with Crippen molar-refractivity contribution in [2.45, 2.75) is 388 Å². The molecule has 0 saturated carbocycles. The van der Waals surface area contributed by atoms with Gasteiger partial charge in [-0.25, -0.2) is 24.6 Å². The van der Waals surface area contributed by atoms with Crippen molar-refractivity contribution in [3.8, 4) is 0 Å². The summed E-state index contributed by atoms with van der Waals surface area (Å²) >= 11 is 0. The van der Waals surface area contributed by atoms with Gasteiger partial charge in [-0.1, -0.05) is 46.5 Å². The highest BCUT2D eigenvalue weighted by Gasteiger charge is 2.47. The fourth-order valence-corrected chi connectivity index (χ4v) is 15.9. The van der Waals surface area contributed by atoms with E-state index in [1.54, 1.807) is 6.20 Å². The van der Waals surface area contributed by atoms with Gasteiger partial charge in [-0.2, -0.15) is 0 Å². The Hall–Kier alpha value is -11.2. The molecule has 0 aliphatic carbocycles. The first-order valence-electron chi connectivity index (χ1n) is 50.4. The number of unbranched alkanes of at least 4 members (excludes halogenated alkanes) is 8. The van der Waals surface area contributed by atoms with Gasteiger partial charge in [0.2, 0.25) is 76.8 Å². The standard InChI is InChI=1S/C90H150N26O33/c1-50-71(126)75(130)79(134)87(146-50)142-38-34-113-46-55(105-109-113)42-96-63(118)26-22-59(100-54(5)117)83(138)92-30-14-6-10-18-67(122)101-60(23-27-64(119)97-43-56-47-114(110-106-56)35-39-143-88-80(135)76(131)72(127)51(2)147-88)84(139)93-31-15-7-11-19-68(123)102-61(24-28-65(120)98-44-57-48-115(111-107-57)36-40-144-89-81(136)77(132)73(128)52(3)148-89)85(140)94-32-16-8-12-20-69(124)103-62(86(141)95-33-17-9-13-21-70(125)104-91)25-29-66(121)99-45-58-49-116(112-108-58)37-41-145-90-82(137)78(133)74(129)53(4)149-90/h46-53,59-62,71-82,87-90,126-137H,6-45,91H2,1-5H3,(H,92,138)(H,93,139)(H,94,140)(H,95,141)(H,96,118)(H,97,119)(H,98,120)(H,99,121)(H,100,117)(H,101,122)(H,102,123)(H,103,124)(H,104,125)/t50-,51-,52-,53-,59?,60?,61?,62?,71+,72+,73+,74+,75+,76+,77+,78+,79-,80-,81-,82-,87+,88+,89+,90+/m0/s1. The summed E-state index contributed by atoms with van der Waals surface area (Å²) < 4.78 is 49.8. The number of amides is 13. The van der Waals surface area contributed by atoms with Gasteiger partial charge in [-0.05, 0) is 105 Å². The second-order valence-electron chi connectivity index (χ2n) is 36.9. The lowest BCUT2D eigenvalue weighted by atomic mass is 10.0. The predicted octanol–water partition coefficient (Wildman–Crippen LogP) is -10.2. The monoisotopic (exact) mass is 2120 g/mol. The van der Waals surface area contributed by atoms with E-state index in [9.17, 15) is 124 Å². The van der Waals surface area contributed by atoms with Crippen molar-refractivity contribution < 1.29 is 162 Å². The van der Waals surface area contributed by atoms with Gasteiger partial charge in [0.1, 0.15) is 120 Å². The zero-order valence-electron chi connectivity index (χ0n) is 84.3. The summed E-state index contributed by atoms with van der Waals surface area (Å²) in [6.45, 7) is 7.77. The third-order valence-electron chi connectivity index (χ3n) is 24.8. The number of aliphatic hydroxyl groups excluding tert-OH is 12. The molecule has 4 saturated heterocycles. The third-order valence-corrected chi connectivity index (χ3v) is 24.8. The molecule has 27 N–H and O–H groups in total. The number of aliphatic hydroxyl groups is 12. The number of nitrogens with one attached hydrogen (secondary N) is 13. The Morgan fingerprint density at radius 2 is 0.517 bits per heavy atom. The van der Waals surface area contributed by atoms with Crippen molar-refractivity contribution in [3.63, 3.8) is 0 Å². The third kappa shape index (κ3) is 43.6. The van der Waals surface area contributed by atoms with Gasteiger partial charge in [0.15, 0.2) is 25.2 Å². The highest BCUT2D eigenvalue weighted by molar-refractivity contribution is 5.91. The van der Waals surface area contributed by atoms with Gasteiger partial charge in [-0.15, -0.1) is 20.4 Å². The van der Waals surface area contributed by atoms with Crippen LogP contribution in [-0.4, -0.2) is 398 Å². The number of nitrogens with two attached hydrogens (primary N) is 1. The van der Waals surface area contributed by atoms with Crippen molar-refractivity contribution in [2.75, 3.05) is 52.6 Å². The first-order valence-corrected chi connectivity index (χ1v) is 50.4. The van der Waals surface area contributed by atoms with E-state index in [-0.39, 0.29) is 207 Å². The second-order valence-corrected chi connectivity index (χ2v) is 36.9. The quantitative estimate of drug-likeness (QED) is 0.00845. The van der Waals surface area contributed by atoms with Crippen LogP contribution in [0.4, 0.5) is 0 Å². The maximum Gasteiger partial charge on any atom is 0.242 e. The summed E-state index contributed by atoms with van der Waals surface area (Å²) in [7, 11) is 0. The van der Waals surface area contributed by atoms with E-state index in [1.165, 1.54) is 71.9 Å². The number of hydrogen-bond donors (Lipinski definition) is 26. The normalized spacial score (nSPS) is 24.6. The zero-order valence-corrected chi connectivity index (χ0v) is 84.3. The molecule has 13 amide bonds. The minimum Gasteiger partial charge on any atom is -0.388 e. The Kier molecular flexibility index (Phi) is 53.8. The number of ether oxygens (including phenoxy) is 8. The van der Waals surface area contributed by atoms with E-state index in [2.05, 4.69) is 110 Å². The Bertz CT molecular complexity index is 4790. The highest BCUT2D eigenvalue weighted by Crippen LogP contribution is 2.27. The Morgan fingerprint density at radius 3 is 0.738 bits per heavy atom. The molecule has 4 aromatic rings. The molecule has 8 heterocycles. The van der Waals surface area contributed by atoms with E-state index in [0.717, 1.165) is 0 Å². The fourth-order valence-electron chi connectivity index (χ4n) is 15.9. The smallest absolute Gasteiger partial charge is 0.242 e. The topological polar surface area (TPSA) is 844 Å². The summed E-state index contributed by atoms with van der Waals surface area (Å²) in [4.78, 5) is 173. The zero-order chi connectivity index (χ0) is 109. The van der Waals surface area contributed by atoms with E-state index in [0.29, 0.717) is 80.6 Å². The van der Waals surface area contributed by atoms with Gasteiger partial charge < -0.3 is 163 Å². The van der Waals surface area contributed by atoms with Crippen LogP contribution in [0.3, 0.4) is 0 Å². The molecule has 4 aliphatic heterocycles. The van der Waals surface area contributed by atoms with Crippen LogP contribution in [0.5, 0.6) is 0 Å². The van der Waals surface area contributed by atoms with Crippen LogP contribution in [0.15, 0.2) is 24.8 Å². The van der Waals surface area contributed by atoms with E-state index < -0.39 is 218 Å². The molecule has 59 nitrogen and oxygen atoms in total. The van der Waals surface area contributed by atoms with E-state index in [4.69, 9.17) is 43.7 Å². The molecule has 59 heteroatoms. The lowest BCUT2D eigenvalue weighted by Gasteiger charge is -2.38. The first-order chi connectivity index (χ1) is 71.2. The molecular formula is C90H150N26O33. The van der Waals surface area contributed by atoms with Gasteiger partial charge in [0.05, 0.1) is 128 Å². The predicted molar refractivity (Wildman–Crippen MR) is 509 cm³/mol. The summed E-state index contributed by atoms with van der Waals surface area (Å²) in [6, 6.07) is -4.70. The van der Waals surface area contributed by atoms with Crippen molar-refractivity contribution >= 4 is 76.8 Å². The van der Waals surface area contributed by atoms with Crippen LogP contribution in [0, 0.1) is 0 Å². The number of nitrogens with zero attached hydrogens (tertiary/aromatic N) is 12. The largest absolute Gasteiger partial charge is 0.388 e. The summed E-state index contributed by atoms with van der Waals surface area (Å²) in [5.41, 5.74) is 3.46. The molecule has 838 valence electrons. The Labute approximate surface area is 858 Å². The number of hydrogen-bond acceptors (Lipinski definition) is 42. The molecular weight excluding hydrogens is 1970 g/mol. The van der Waals surface area contributed by atoms with E-state index >= 15 is 0 Å². The second kappa shape index (κ2) is 65.2. The molecule has 0 radical (unpaired) electrons. The molecule has 24 atom stereocenters. The number of aromatic nitrogens is 12. The van der Waals surface area contributed by atoms with Crippen LogP contribution >= 0.6 is 0 Å². The molecule has 0 bridgehead atoms. The van der Waals surface area contributed by atoms with Gasteiger partial charge in [0, 0.05) is 84.5 Å². The van der Waals surface area contributed by atoms with Crippen LogP contribution in [-0.2, 0) is 153 Å². The van der Waals surface area contributed by atoms with Gasteiger partial charge in [-0.3, -0.25) is 67.8 Å². The average molecular weight is 2120 g/mol. The van der Waals surface area contributed by atoms with Crippen molar-refractivity contribution in [3.05, 3.63) is 47.6 Å². The van der Waals surface area contributed by atoms with Crippen LogP contribution in [0.2, 0.25) is 0 Å². The summed E-state index contributed by atoms with van der Waals surface area (Å²) in [5.74, 6) is -1.66. The van der Waals surface area contributed by atoms with Crippen molar-refractivity contribution in [2.24, 2.45) is 5.84 Å².